The Morgan fingerprint density at radius 2 is 2.32 bits per heavy atom. The molecule has 1 aromatic carbocycles. The van der Waals surface area contributed by atoms with E-state index in [0.717, 1.165) is 30.5 Å². The Morgan fingerprint density at radius 1 is 1.47 bits per heavy atom. The van der Waals surface area contributed by atoms with Crippen molar-refractivity contribution in [2.75, 3.05) is 5.73 Å². The molecular weight excluding hydrogens is 238 g/mol. The van der Waals surface area contributed by atoms with Crippen molar-refractivity contribution < 1.29 is 4.79 Å². The van der Waals surface area contributed by atoms with Crippen molar-refractivity contribution in [3.05, 3.63) is 29.8 Å². The highest BCUT2D eigenvalue weighted by Gasteiger charge is 2.28. The van der Waals surface area contributed by atoms with E-state index in [9.17, 15) is 4.79 Å². The van der Waals surface area contributed by atoms with Crippen LogP contribution in [0.5, 0.6) is 0 Å². The van der Waals surface area contributed by atoms with Crippen LogP contribution < -0.4 is 11.1 Å². The van der Waals surface area contributed by atoms with Gasteiger partial charge in [-0.05, 0) is 43.4 Å². The fourth-order valence-electron chi connectivity index (χ4n) is 2.57. The van der Waals surface area contributed by atoms with Crippen molar-refractivity contribution >= 4 is 11.6 Å². The topological polar surface area (TPSA) is 78.9 Å². The highest BCUT2D eigenvalue weighted by atomic mass is 16.1. The monoisotopic (exact) mass is 257 g/mol. The van der Waals surface area contributed by atoms with E-state index in [4.69, 9.17) is 11.0 Å². The Labute approximate surface area is 113 Å². The Hall–Kier alpha value is -2.02. The van der Waals surface area contributed by atoms with E-state index in [-0.39, 0.29) is 17.9 Å². The number of nitrogens with two attached hydrogens (primary N) is 1. The first-order chi connectivity index (χ1) is 9.19. The van der Waals surface area contributed by atoms with Crippen molar-refractivity contribution in [3.8, 4) is 6.07 Å². The largest absolute Gasteiger partial charge is 0.399 e. The van der Waals surface area contributed by atoms with Gasteiger partial charge in [-0.1, -0.05) is 12.1 Å². The molecule has 0 aliphatic heterocycles. The van der Waals surface area contributed by atoms with Crippen molar-refractivity contribution in [2.45, 2.75) is 38.1 Å². The third-order valence-electron chi connectivity index (χ3n) is 3.62. The van der Waals surface area contributed by atoms with Gasteiger partial charge in [0.05, 0.1) is 12.0 Å². The molecule has 0 saturated heterocycles. The minimum atomic E-state index is -0.0173. The second kappa shape index (κ2) is 6.24. The Kier molecular flexibility index (Phi) is 4.40. The number of aryl methyl sites for hydroxylation is 1. The van der Waals surface area contributed by atoms with Crippen LogP contribution in [0.4, 0.5) is 5.69 Å². The SMILES string of the molecule is N#CC1CCCC1NC(=O)CCc1cccc(N)c1. The van der Waals surface area contributed by atoms with Gasteiger partial charge in [0, 0.05) is 18.2 Å². The normalized spacial score (nSPS) is 21.8. The third-order valence-corrected chi connectivity index (χ3v) is 3.62. The number of benzene rings is 1. The van der Waals surface area contributed by atoms with Crippen LogP contribution in [0.15, 0.2) is 24.3 Å². The van der Waals surface area contributed by atoms with Crippen LogP contribution >= 0.6 is 0 Å². The number of hydrogen-bond acceptors (Lipinski definition) is 3. The van der Waals surface area contributed by atoms with Crippen LogP contribution in [0.25, 0.3) is 0 Å². The minimum Gasteiger partial charge on any atom is -0.399 e. The minimum absolute atomic E-state index is 0.0173. The van der Waals surface area contributed by atoms with Crippen LogP contribution in [-0.2, 0) is 11.2 Å². The molecule has 3 N–H and O–H groups in total. The van der Waals surface area contributed by atoms with Crippen molar-refractivity contribution in [3.63, 3.8) is 0 Å². The van der Waals surface area contributed by atoms with Gasteiger partial charge in [0.1, 0.15) is 0 Å². The van der Waals surface area contributed by atoms with Gasteiger partial charge in [0.25, 0.3) is 0 Å². The molecule has 0 aromatic heterocycles. The van der Waals surface area contributed by atoms with Crippen LogP contribution in [0.3, 0.4) is 0 Å². The predicted octanol–water partition coefficient (Wildman–Crippen LogP) is 2.01. The number of nitrogens with one attached hydrogen (secondary N) is 1. The van der Waals surface area contributed by atoms with Gasteiger partial charge in [0.15, 0.2) is 0 Å². The zero-order chi connectivity index (χ0) is 13.7. The smallest absolute Gasteiger partial charge is 0.220 e. The summed E-state index contributed by atoms with van der Waals surface area (Å²) in [6.07, 6.45) is 3.97. The molecule has 0 heterocycles. The van der Waals surface area contributed by atoms with Gasteiger partial charge < -0.3 is 11.1 Å². The quantitative estimate of drug-likeness (QED) is 0.810. The second-order valence-corrected chi connectivity index (χ2v) is 5.09. The maximum atomic E-state index is 11.9. The molecule has 100 valence electrons. The maximum absolute atomic E-state index is 11.9. The average Bonchev–Trinajstić information content (AvgIpc) is 2.84. The van der Waals surface area contributed by atoms with Crippen molar-refractivity contribution in [1.29, 1.82) is 5.26 Å². The van der Waals surface area contributed by atoms with E-state index in [1.807, 2.05) is 24.3 Å². The summed E-state index contributed by atoms with van der Waals surface area (Å²) in [5, 5.41) is 11.9. The number of carbonyl (C=O) groups is 1. The summed E-state index contributed by atoms with van der Waals surface area (Å²) in [5.74, 6) is 0.00546. The van der Waals surface area contributed by atoms with E-state index in [0.29, 0.717) is 12.8 Å². The highest BCUT2D eigenvalue weighted by Crippen LogP contribution is 2.24. The van der Waals surface area contributed by atoms with E-state index in [1.54, 1.807) is 0 Å². The Morgan fingerprint density at radius 3 is 3.05 bits per heavy atom. The summed E-state index contributed by atoms with van der Waals surface area (Å²) in [6.45, 7) is 0. The van der Waals surface area contributed by atoms with E-state index in [1.165, 1.54) is 0 Å². The van der Waals surface area contributed by atoms with Crippen LogP contribution in [-0.4, -0.2) is 11.9 Å². The molecule has 1 fully saturated rings. The fourth-order valence-corrected chi connectivity index (χ4v) is 2.57. The molecule has 0 bridgehead atoms. The van der Waals surface area contributed by atoms with Crippen molar-refractivity contribution in [2.24, 2.45) is 5.92 Å². The molecule has 0 spiro atoms. The summed E-state index contributed by atoms with van der Waals surface area (Å²) in [4.78, 5) is 11.9. The zero-order valence-electron chi connectivity index (χ0n) is 10.9. The number of carbonyl (C=O) groups excluding carboxylic acids is 1. The molecule has 1 aliphatic carbocycles. The fraction of sp³-hybridized carbons (Fsp3) is 0.467. The number of amides is 1. The molecule has 2 rings (SSSR count). The summed E-state index contributed by atoms with van der Waals surface area (Å²) >= 11 is 0. The molecule has 1 aromatic rings. The van der Waals surface area contributed by atoms with Crippen LogP contribution in [0, 0.1) is 17.2 Å². The van der Waals surface area contributed by atoms with Gasteiger partial charge in [-0.3, -0.25) is 4.79 Å². The molecule has 1 saturated carbocycles. The maximum Gasteiger partial charge on any atom is 0.220 e. The molecule has 4 heteroatoms. The number of nitrogens with zero attached hydrogens (tertiary/aromatic N) is 1. The number of nitrogen functional groups attached to an aromatic ring is 1. The number of hydrogen-bond donors (Lipinski definition) is 2. The zero-order valence-corrected chi connectivity index (χ0v) is 10.9. The summed E-state index contributed by atoms with van der Waals surface area (Å²) in [5.41, 5.74) is 7.49. The molecule has 2 unspecified atom stereocenters. The lowest BCUT2D eigenvalue weighted by molar-refractivity contribution is -0.121. The molecule has 1 aliphatic rings. The molecule has 19 heavy (non-hydrogen) atoms. The highest BCUT2D eigenvalue weighted by molar-refractivity contribution is 5.76. The molecule has 2 atom stereocenters. The predicted molar refractivity (Wildman–Crippen MR) is 74.1 cm³/mol. The van der Waals surface area contributed by atoms with Gasteiger partial charge >= 0.3 is 0 Å². The molecule has 4 nitrogen and oxygen atoms in total. The molecule has 1 amide bonds. The van der Waals surface area contributed by atoms with Crippen molar-refractivity contribution in [1.82, 2.24) is 5.32 Å². The average molecular weight is 257 g/mol. The van der Waals surface area contributed by atoms with Gasteiger partial charge in [-0.2, -0.15) is 5.26 Å². The first kappa shape index (κ1) is 13.4. The lowest BCUT2D eigenvalue weighted by atomic mass is 10.0. The standard InChI is InChI=1S/C15H19N3O/c16-10-12-4-2-6-14(12)18-15(19)8-7-11-3-1-5-13(17)9-11/h1,3,5,9,12,14H,2,4,6-8,17H2,(H,18,19). The first-order valence-corrected chi connectivity index (χ1v) is 6.72. The number of nitriles is 1. The Balaban J connectivity index is 1.80. The van der Waals surface area contributed by atoms with E-state index < -0.39 is 0 Å². The molecular formula is C15H19N3O. The lowest BCUT2D eigenvalue weighted by Gasteiger charge is -2.15. The Bertz CT molecular complexity index is 492. The van der Waals surface area contributed by atoms with E-state index in [2.05, 4.69) is 11.4 Å². The second-order valence-electron chi connectivity index (χ2n) is 5.09. The summed E-state index contributed by atoms with van der Waals surface area (Å²) in [7, 11) is 0. The number of rotatable bonds is 4. The third kappa shape index (κ3) is 3.72. The van der Waals surface area contributed by atoms with Gasteiger partial charge in [-0.25, -0.2) is 0 Å². The van der Waals surface area contributed by atoms with Crippen LogP contribution in [0.1, 0.15) is 31.2 Å². The van der Waals surface area contributed by atoms with Gasteiger partial charge in [0.2, 0.25) is 5.91 Å². The lowest BCUT2D eigenvalue weighted by Crippen LogP contribution is -2.36. The summed E-state index contributed by atoms with van der Waals surface area (Å²) in [6, 6.07) is 9.90. The summed E-state index contributed by atoms with van der Waals surface area (Å²) < 4.78 is 0. The first-order valence-electron chi connectivity index (χ1n) is 6.72. The van der Waals surface area contributed by atoms with Gasteiger partial charge in [-0.15, -0.1) is 0 Å². The van der Waals surface area contributed by atoms with E-state index >= 15 is 0 Å². The number of anilines is 1. The molecule has 0 radical (unpaired) electrons. The van der Waals surface area contributed by atoms with Crippen LogP contribution in [0.2, 0.25) is 0 Å².